The van der Waals surface area contributed by atoms with Crippen molar-refractivity contribution in [1.82, 2.24) is 4.90 Å². The lowest BCUT2D eigenvalue weighted by Crippen LogP contribution is -2.31. The molecule has 1 aliphatic rings. The molecule has 0 N–H and O–H groups in total. The largest absolute Gasteiger partial charge is 0.374 e. The van der Waals surface area contributed by atoms with E-state index in [2.05, 4.69) is 0 Å². The first kappa shape index (κ1) is 11.0. The number of carbonyl (C=O) groups excluding carboxylic acids is 1. The number of carbonyl (C=O) groups is 1. The van der Waals surface area contributed by atoms with Crippen LogP contribution >= 0.6 is 11.3 Å². The molecule has 1 radical (unpaired) electrons. The lowest BCUT2D eigenvalue weighted by atomic mass is 10.1. The highest BCUT2D eigenvalue weighted by Crippen LogP contribution is 2.20. The van der Waals surface area contributed by atoms with Gasteiger partial charge in [0, 0.05) is 11.3 Å². The van der Waals surface area contributed by atoms with Gasteiger partial charge in [-0.3, -0.25) is 4.79 Å². The van der Waals surface area contributed by atoms with Crippen molar-refractivity contribution in [2.75, 3.05) is 6.61 Å². The predicted octanol–water partition coefficient (Wildman–Crippen LogP) is 1.63. The van der Waals surface area contributed by atoms with E-state index < -0.39 is 0 Å². The van der Waals surface area contributed by atoms with E-state index in [-0.39, 0.29) is 11.9 Å². The molecule has 89 valence electrons. The van der Waals surface area contributed by atoms with Gasteiger partial charge in [0.15, 0.2) is 0 Å². The number of ether oxygens (including phenoxy) is 1. The zero-order chi connectivity index (χ0) is 12.8. The summed E-state index contributed by atoms with van der Waals surface area (Å²) in [7, 11) is 1.18. The van der Waals surface area contributed by atoms with Gasteiger partial charge in [-0.25, -0.2) is 0 Å². The van der Waals surface area contributed by atoms with Gasteiger partial charge in [-0.05, 0) is 25.4 Å². The van der Waals surface area contributed by atoms with Gasteiger partial charge < -0.3 is 9.64 Å². The van der Waals surface area contributed by atoms with Gasteiger partial charge >= 0.3 is 0 Å². The summed E-state index contributed by atoms with van der Waals surface area (Å²) in [6.45, 7) is 1.15. The molecule has 2 rings (SSSR count). The van der Waals surface area contributed by atoms with Crippen LogP contribution in [0.3, 0.4) is 0 Å². The molecule has 0 aromatic carbocycles. The third-order valence-electron chi connectivity index (χ3n) is 2.75. The molecule has 1 unspecified atom stereocenters. The highest BCUT2D eigenvalue weighted by Gasteiger charge is 2.28. The molecule has 1 amide bonds. The predicted molar refractivity (Wildman–Crippen MR) is 70.1 cm³/mol. The molecule has 0 aliphatic carbocycles. The van der Waals surface area contributed by atoms with Gasteiger partial charge in [0.05, 0.1) is 19.3 Å². The van der Waals surface area contributed by atoms with Crippen molar-refractivity contribution in [3.8, 4) is 0 Å². The summed E-state index contributed by atoms with van der Waals surface area (Å²) in [6.07, 6.45) is 3.06. The summed E-state index contributed by atoms with van der Waals surface area (Å²) in [6, 6.07) is 4.15. The summed E-state index contributed by atoms with van der Waals surface area (Å²) in [4.78, 5) is 14.5. The van der Waals surface area contributed by atoms with Crippen molar-refractivity contribution >= 4 is 25.1 Å². The fourth-order valence-corrected chi connectivity index (χ4v) is 2.55. The molecule has 1 aliphatic heterocycles. The minimum absolute atomic E-state index is 0.105. The first-order valence-corrected chi connectivity index (χ1v) is 6.49. The first-order chi connectivity index (χ1) is 8.81. The lowest BCUT2D eigenvalue weighted by Gasteiger charge is -2.20. The molecule has 0 spiro atoms. The third-order valence-corrected chi connectivity index (χ3v) is 3.60. The Hall–Kier alpha value is -1.07. The molecule has 1 aromatic heterocycles. The van der Waals surface area contributed by atoms with E-state index in [0.29, 0.717) is 19.6 Å². The van der Waals surface area contributed by atoms with Gasteiger partial charge in [0.25, 0.3) is 0 Å². The minimum Gasteiger partial charge on any atom is -0.374 e. The van der Waals surface area contributed by atoms with E-state index in [4.69, 9.17) is 6.07 Å². The summed E-state index contributed by atoms with van der Waals surface area (Å²) in [5.41, 5.74) is 0. The van der Waals surface area contributed by atoms with Crippen LogP contribution in [0.1, 0.15) is 17.7 Å². The zero-order valence-electron chi connectivity index (χ0n) is 10.5. The van der Waals surface area contributed by atoms with Crippen molar-refractivity contribution in [2.24, 2.45) is 0 Å². The summed E-state index contributed by atoms with van der Waals surface area (Å²) >= 11 is 1.67. The van der Waals surface area contributed by atoms with Crippen LogP contribution in [0.25, 0.3) is 0 Å². The van der Waals surface area contributed by atoms with Gasteiger partial charge in [-0.1, -0.05) is 6.07 Å². The van der Waals surface area contributed by atoms with Crippen LogP contribution in [-0.2, 0) is 16.1 Å². The van der Waals surface area contributed by atoms with Crippen molar-refractivity contribution in [3.63, 3.8) is 0 Å². The average molecular weight is 249 g/mol. The highest BCUT2D eigenvalue weighted by atomic mass is 32.1. The summed E-state index contributed by atoms with van der Waals surface area (Å²) in [5, 5.41) is 2.02. The monoisotopic (exact) mass is 249 g/mol. The topological polar surface area (TPSA) is 29.5 Å². The van der Waals surface area contributed by atoms with Crippen LogP contribution in [0.2, 0.25) is 0 Å². The molecule has 0 bridgehead atoms. The fraction of sp³-hybridized carbons (Fsp3) is 0.417. The SMILES string of the molecule is [2H][B]/C=C/N1C(=O)CCC1COCc1cccs1. The number of likely N-dealkylation sites (tertiary alicyclic amines) is 1. The van der Waals surface area contributed by atoms with Gasteiger partial charge in [0.2, 0.25) is 5.91 Å². The Bertz CT molecular complexity index is 410. The molecular formula is C12H15BNO2S. The smallest absolute Gasteiger partial charge is 0.226 e. The Kier molecular flexibility index (Phi) is 3.92. The number of rotatable bonds is 6. The number of nitrogens with zero attached hydrogens (tertiary/aromatic N) is 1. The molecule has 5 heteroatoms. The number of thiophene rings is 1. The molecule has 3 nitrogen and oxygen atoms in total. The lowest BCUT2D eigenvalue weighted by molar-refractivity contribution is -0.127. The van der Waals surface area contributed by atoms with E-state index in [0.717, 1.165) is 6.42 Å². The van der Waals surface area contributed by atoms with Gasteiger partial charge in [-0.15, -0.1) is 17.3 Å². The normalized spacial score (nSPS) is 21.2. The van der Waals surface area contributed by atoms with Crippen LogP contribution in [0.4, 0.5) is 0 Å². The van der Waals surface area contributed by atoms with E-state index >= 15 is 0 Å². The molecule has 0 saturated carbocycles. The molecule has 1 aromatic rings. The van der Waals surface area contributed by atoms with Crippen molar-refractivity contribution in [3.05, 3.63) is 34.6 Å². The molecule has 1 atom stereocenters. The Balaban J connectivity index is 1.80. The second kappa shape index (κ2) is 6.03. The van der Waals surface area contributed by atoms with Crippen LogP contribution in [-0.4, -0.2) is 32.6 Å². The second-order valence-corrected chi connectivity index (χ2v) is 4.96. The van der Waals surface area contributed by atoms with E-state index in [9.17, 15) is 4.79 Å². The number of hydrogen-bond acceptors (Lipinski definition) is 3. The molecule has 2 heterocycles. The Labute approximate surface area is 108 Å². The highest BCUT2D eigenvalue weighted by molar-refractivity contribution is 7.09. The third kappa shape index (κ3) is 3.20. The van der Waals surface area contributed by atoms with Gasteiger partial charge in [0.1, 0.15) is 7.81 Å². The van der Waals surface area contributed by atoms with Crippen molar-refractivity contribution < 1.29 is 9.53 Å². The van der Waals surface area contributed by atoms with E-state index in [1.165, 1.54) is 12.7 Å². The second-order valence-electron chi connectivity index (χ2n) is 3.93. The molecular weight excluding hydrogens is 233 g/mol. The maximum absolute atomic E-state index is 11.6. The quantitative estimate of drug-likeness (QED) is 0.717. The minimum atomic E-state index is 0.105. The zero-order valence-corrected chi connectivity index (χ0v) is 10.4. The maximum Gasteiger partial charge on any atom is 0.226 e. The number of amides is 1. The van der Waals surface area contributed by atoms with Crippen molar-refractivity contribution in [1.29, 1.82) is 1.34 Å². The molecule has 17 heavy (non-hydrogen) atoms. The Morgan fingerprint density at radius 1 is 1.76 bits per heavy atom. The van der Waals surface area contributed by atoms with Crippen LogP contribution in [0, 0.1) is 0 Å². The van der Waals surface area contributed by atoms with Crippen molar-refractivity contribution in [2.45, 2.75) is 25.5 Å². The molecule has 1 saturated heterocycles. The van der Waals surface area contributed by atoms with Crippen LogP contribution in [0.15, 0.2) is 29.7 Å². The fourth-order valence-electron chi connectivity index (χ4n) is 1.91. The van der Waals surface area contributed by atoms with Gasteiger partial charge in [-0.2, -0.15) is 0 Å². The average Bonchev–Trinajstić information content (AvgIpc) is 2.98. The summed E-state index contributed by atoms with van der Waals surface area (Å²) in [5.74, 6) is 1.67. The Morgan fingerprint density at radius 2 is 2.71 bits per heavy atom. The number of hydrogen-bond donors (Lipinski definition) is 0. The Morgan fingerprint density at radius 3 is 3.47 bits per heavy atom. The van der Waals surface area contributed by atoms with Crippen LogP contribution in [0.5, 0.6) is 0 Å². The summed E-state index contributed by atoms with van der Waals surface area (Å²) < 4.78 is 12.6. The first-order valence-electron chi connectivity index (χ1n) is 6.18. The van der Waals surface area contributed by atoms with E-state index in [1.54, 1.807) is 28.4 Å². The van der Waals surface area contributed by atoms with Crippen LogP contribution < -0.4 is 0 Å². The van der Waals surface area contributed by atoms with E-state index in [1.807, 2.05) is 17.5 Å². The molecule has 1 fully saturated rings. The maximum atomic E-state index is 11.6. The standard InChI is InChI=1S/C12H15BNO2S/c13-5-6-14-10(3-4-12(14)15)8-16-9-11-2-1-7-17-11/h1-2,5-7,10,13H,3-4,8-9H2/b6-5+/i13D.